The number of carbonyl (C=O) groups excluding carboxylic acids is 1. The third-order valence-corrected chi connectivity index (χ3v) is 5.22. The van der Waals surface area contributed by atoms with Crippen molar-refractivity contribution in [1.29, 1.82) is 0 Å². The Balaban J connectivity index is 1.59. The fourth-order valence-corrected chi connectivity index (χ4v) is 3.70. The highest BCUT2D eigenvalue weighted by atomic mass is 32.1. The molecule has 0 fully saturated rings. The number of carbonyl (C=O) groups is 1. The van der Waals surface area contributed by atoms with Gasteiger partial charge < -0.3 is 19.5 Å². The van der Waals surface area contributed by atoms with Gasteiger partial charge in [0.05, 0.1) is 27.0 Å². The molecule has 0 aliphatic carbocycles. The third kappa shape index (κ3) is 5.06. The van der Waals surface area contributed by atoms with Crippen molar-refractivity contribution in [1.82, 2.24) is 10.3 Å². The number of nitrogens with zero attached hydrogens (tertiary/aromatic N) is 1. The molecule has 1 amide bonds. The van der Waals surface area contributed by atoms with Crippen molar-refractivity contribution in [2.24, 2.45) is 0 Å². The second-order valence-corrected chi connectivity index (χ2v) is 7.11. The molecule has 0 aliphatic heterocycles. The van der Waals surface area contributed by atoms with E-state index in [1.807, 2.05) is 35.7 Å². The number of hydrogen-bond donors (Lipinski definition) is 1. The number of thiophene rings is 1. The van der Waals surface area contributed by atoms with E-state index in [1.165, 1.54) is 0 Å². The van der Waals surface area contributed by atoms with E-state index in [4.69, 9.17) is 14.2 Å². The molecule has 0 unspecified atom stereocenters. The van der Waals surface area contributed by atoms with Gasteiger partial charge in [0.2, 0.25) is 11.7 Å². The molecule has 29 heavy (non-hydrogen) atoms. The molecule has 0 spiro atoms. The Morgan fingerprint density at radius 2 is 1.90 bits per heavy atom. The standard InChI is InChI=1S/C22H24N2O4S/c1-26-19-6-4-16(21(27-2)22(19)28-3)5-7-20(25)24-13-15-8-10-23-18(12-15)17-9-11-29-14-17/h4,6,8-12,14H,5,7,13H2,1-3H3,(H,24,25). The highest BCUT2D eigenvalue weighted by Gasteiger charge is 2.16. The van der Waals surface area contributed by atoms with Gasteiger partial charge in [0.25, 0.3) is 0 Å². The van der Waals surface area contributed by atoms with Crippen LogP contribution in [0.4, 0.5) is 0 Å². The van der Waals surface area contributed by atoms with Gasteiger partial charge in [-0.1, -0.05) is 6.07 Å². The van der Waals surface area contributed by atoms with Crippen LogP contribution in [0.5, 0.6) is 17.2 Å². The second-order valence-electron chi connectivity index (χ2n) is 6.33. The normalized spacial score (nSPS) is 10.4. The first kappa shape index (κ1) is 20.7. The molecule has 0 atom stereocenters. The molecule has 3 rings (SSSR count). The van der Waals surface area contributed by atoms with Crippen LogP contribution in [0.3, 0.4) is 0 Å². The minimum Gasteiger partial charge on any atom is -0.493 e. The van der Waals surface area contributed by atoms with Crippen molar-refractivity contribution in [2.75, 3.05) is 21.3 Å². The Hall–Kier alpha value is -3.06. The minimum absolute atomic E-state index is 0.0317. The van der Waals surface area contributed by atoms with Crippen LogP contribution in [0, 0.1) is 0 Å². The highest BCUT2D eigenvalue weighted by molar-refractivity contribution is 7.08. The Labute approximate surface area is 174 Å². The Kier molecular flexibility index (Phi) is 7.08. The number of amides is 1. The summed E-state index contributed by atoms with van der Waals surface area (Å²) in [7, 11) is 4.72. The van der Waals surface area contributed by atoms with Gasteiger partial charge in [-0.25, -0.2) is 0 Å². The van der Waals surface area contributed by atoms with Crippen LogP contribution in [-0.4, -0.2) is 32.2 Å². The molecule has 2 aromatic heterocycles. The molecule has 0 saturated heterocycles. The van der Waals surface area contributed by atoms with Gasteiger partial charge in [0.1, 0.15) is 0 Å². The second kappa shape index (κ2) is 9.93. The summed E-state index contributed by atoms with van der Waals surface area (Å²) in [6.45, 7) is 0.460. The number of benzene rings is 1. The number of hydrogen-bond acceptors (Lipinski definition) is 6. The third-order valence-electron chi connectivity index (χ3n) is 4.54. The Morgan fingerprint density at radius 3 is 2.59 bits per heavy atom. The number of pyridine rings is 1. The quantitative estimate of drug-likeness (QED) is 0.573. The van der Waals surface area contributed by atoms with Gasteiger partial charge in [-0.05, 0) is 47.2 Å². The summed E-state index contributed by atoms with van der Waals surface area (Å²) in [5, 5.41) is 7.05. The average Bonchev–Trinajstić information content (AvgIpc) is 3.30. The topological polar surface area (TPSA) is 69.7 Å². The maximum atomic E-state index is 12.4. The van der Waals surface area contributed by atoms with E-state index in [0.717, 1.165) is 22.4 Å². The van der Waals surface area contributed by atoms with Crippen molar-refractivity contribution >= 4 is 17.2 Å². The van der Waals surface area contributed by atoms with Crippen molar-refractivity contribution in [3.8, 4) is 28.5 Å². The summed E-state index contributed by atoms with van der Waals surface area (Å²) in [6, 6.07) is 9.65. The van der Waals surface area contributed by atoms with E-state index in [0.29, 0.717) is 36.6 Å². The summed E-state index contributed by atoms with van der Waals surface area (Å²) in [5.41, 5.74) is 3.90. The van der Waals surface area contributed by atoms with Gasteiger partial charge in [-0.2, -0.15) is 11.3 Å². The SMILES string of the molecule is COc1ccc(CCC(=O)NCc2ccnc(-c3ccsc3)c2)c(OC)c1OC. The van der Waals surface area contributed by atoms with E-state index >= 15 is 0 Å². The first-order valence-electron chi connectivity index (χ1n) is 9.18. The molecule has 0 radical (unpaired) electrons. The van der Waals surface area contributed by atoms with Crippen molar-refractivity contribution in [3.05, 3.63) is 58.4 Å². The van der Waals surface area contributed by atoms with E-state index in [1.54, 1.807) is 38.9 Å². The summed E-state index contributed by atoms with van der Waals surface area (Å²) >= 11 is 1.63. The molecule has 1 N–H and O–H groups in total. The summed E-state index contributed by atoms with van der Waals surface area (Å²) in [6.07, 6.45) is 2.64. The van der Waals surface area contributed by atoms with Crippen LogP contribution >= 0.6 is 11.3 Å². The summed E-state index contributed by atoms with van der Waals surface area (Å²) < 4.78 is 16.2. The van der Waals surface area contributed by atoms with E-state index < -0.39 is 0 Å². The molecule has 152 valence electrons. The van der Waals surface area contributed by atoms with Gasteiger partial charge in [-0.15, -0.1) is 0 Å². The van der Waals surface area contributed by atoms with Crippen LogP contribution < -0.4 is 19.5 Å². The first-order chi connectivity index (χ1) is 14.2. The molecule has 7 heteroatoms. The molecule has 0 saturated carbocycles. The molecule has 0 bridgehead atoms. The lowest BCUT2D eigenvalue weighted by Gasteiger charge is -2.15. The summed E-state index contributed by atoms with van der Waals surface area (Å²) in [5.74, 6) is 1.69. The minimum atomic E-state index is -0.0317. The number of rotatable bonds is 9. The van der Waals surface area contributed by atoms with Crippen LogP contribution in [0.15, 0.2) is 47.3 Å². The van der Waals surface area contributed by atoms with E-state index in [2.05, 4.69) is 15.7 Å². The van der Waals surface area contributed by atoms with Gasteiger partial charge in [-0.3, -0.25) is 9.78 Å². The monoisotopic (exact) mass is 412 g/mol. The lowest BCUT2D eigenvalue weighted by Crippen LogP contribution is -2.23. The fraction of sp³-hybridized carbons (Fsp3) is 0.273. The van der Waals surface area contributed by atoms with Crippen LogP contribution in [0.2, 0.25) is 0 Å². The number of aromatic nitrogens is 1. The maximum absolute atomic E-state index is 12.4. The van der Waals surface area contributed by atoms with Crippen LogP contribution in [0.1, 0.15) is 17.5 Å². The Morgan fingerprint density at radius 1 is 1.07 bits per heavy atom. The number of aryl methyl sites for hydroxylation is 1. The van der Waals surface area contributed by atoms with Crippen LogP contribution in [0.25, 0.3) is 11.3 Å². The van der Waals surface area contributed by atoms with Gasteiger partial charge in [0.15, 0.2) is 11.5 Å². The van der Waals surface area contributed by atoms with Crippen molar-refractivity contribution < 1.29 is 19.0 Å². The lowest BCUT2D eigenvalue weighted by molar-refractivity contribution is -0.121. The van der Waals surface area contributed by atoms with E-state index in [9.17, 15) is 4.79 Å². The van der Waals surface area contributed by atoms with Crippen molar-refractivity contribution in [2.45, 2.75) is 19.4 Å². The number of methoxy groups -OCH3 is 3. The molecule has 3 aromatic rings. The van der Waals surface area contributed by atoms with Gasteiger partial charge in [0, 0.05) is 30.1 Å². The first-order valence-corrected chi connectivity index (χ1v) is 10.1. The van der Waals surface area contributed by atoms with Crippen LogP contribution in [-0.2, 0) is 17.8 Å². The largest absolute Gasteiger partial charge is 0.493 e. The molecule has 6 nitrogen and oxygen atoms in total. The number of ether oxygens (including phenoxy) is 3. The number of nitrogens with one attached hydrogen (secondary N) is 1. The molecule has 1 aromatic carbocycles. The van der Waals surface area contributed by atoms with E-state index in [-0.39, 0.29) is 5.91 Å². The fourth-order valence-electron chi connectivity index (χ4n) is 3.05. The van der Waals surface area contributed by atoms with Gasteiger partial charge >= 0.3 is 0 Å². The zero-order valence-electron chi connectivity index (χ0n) is 16.7. The zero-order chi connectivity index (χ0) is 20.6. The molecular formula is C22H24N2O4S. The Bertz CT molecular complexity index is 957. The van der Waals surface area contributed by atoms with Crippen molar-refractivity contribution in [3.63, 3.8) is 0 Å². The zero-order valence-corrected chi connectivity index (χ0v) is 17.5. The average molecular weight is 413 g/mol. The maximum Gasteiger partial charge on any atom is 0.220 e. The summed E-state index contributed by atoms with van der Waals surface area (Å²) in [4.78, 5) is 16.8. The highest BCUT2D eigenvalue weighted by Crippen LogP contribution is 2.40. The smallest absolute Gasteiger partial charge is 0.220 e. The molecule has 0 aliphatic rings. The predicted octanol–water partition coefficient (Wildman–Crippen LogP) is 4.08. The lowest BCUT2D eigenvalue weighted by atomic mass is 10.1. The molecule has 2 heterocycles. The molecular weight excluding hydrogens is 388 g/mol. The predicted molar refractivity (Wildman–Crippen MR) is 114 cm³/mol.